The highest BCUT2D eigenvalue weighted by Crippen LogP contribution is 2.43. The Bertz CT molecular complexity index is 3730. The van der Waals surface area contributed by atoms with Gasteiger partial charge in [-0.1, -0.05) is 158 Å². The maximum Gasteiger partial charge on any atom is 0.206 e. The van der Waals surface area contributed by atoms with Gasteiger partial charge in [0.25, 0.3) is 0 Å². The molecule has 0 radical (unpaired) electrons. The van der Waals surface area contributed by atoms with E-state index in [1.807, 2.05) is 67.1 Å². The number of aromatic amines is 2. The van der Waals surface area contributed by atoms with E-state index < -0.39 is 0 Å². The minimum atomic E-state index is 0.503. The quantitative estimate of drug-likeness (QED) is 0.0801. The number of benzene rings is 6. The Morgan fingerprint density at radius 1 is 0.444 bits per heavy atom. The van der Waals surface area contributed by atoms with Gasteiger partial charge in [-0.3, -0.25) is 9.97 Å². The number of rotatable bonds is 13. The van der Waals surface area contributed by atoms with Crippen molar-refractivity contribution in [1.29, 1.82) is 0 Å². The Balaban J connectivity index is 0.000000156. The van der Waals surface area contributed by atoms with Crippen LogP contribution in [0.25, 0.3) is 88.8 Å². The van der Waals surface area contributed by atoms with Gasteiger partial charge in [0.05, 0.1) is 0 Å². The van der Waals surface area contributed by atoms with E-state index in [0.717, 1.165) is 93.8 Å². The van der Waals surface area contributed by atoms with Crippen LogP contribution in [0.15, 0.2) is 206 Å². The van der Waals surface area contributed by atoms with Gasteiger partial charge in [0, 0.05) is 88.2 Å². The predicted molar refractivity (Wildman–Crippen MR) is 286 cm³/mol. The molecule has 0 unspecified atom stereocenters. The highest BCUT2D eigenvalue weighted by molar-refractivity contribution is 7.98. The standard InChI is InChI=1S/C29H23N7S.C28H21N7/c1-37-29-25(21-15-22(18-30-17-21)27-33-35-36-34-27)24-14-8-13-23(20-11-6-3-7-12-20)26(24)28(32-29)31-16-19-9-4-2-5-10-19;1-3-8-19(9-4-1)15-30-28-26-23(20-10-5-2-6-11-20)12-7-13-24(26)25(18-31-28)21-14-22(17-29-16-21)27-32-34-35-33-27/h2-15,17-18H,16H2,1H3,(H,31,32)(H,33,34,35,36);1-14,16-18H,15H2,(H,30,31)(H,32,33,34,35). The van der Waals surface area contributed by atoms with E-state index in [-0.39, 0.29) is 0 Å². The van der Waals surface area contributed by atoms with E-state index in [0.29, 0.717) is 24.7 Å². The van der Waals surface area contributed by atoms with Crippen molar-refractivity contribution in [2.75, 3.05) is 16.9 Å². The number of H-pyrrole nitrogens is 2. The highest BCUT2D eigenvalue weighted by atomic mass is 32.2. The molecule has 348 valence electrons. The maximum atomic E-state index is 5.16. The summed E-state index contributed by atoms with van der Waals surface area (Å²) in [7, 11) is 0. The third-order valence-corrected chi connectivity index (χ3v) is 12.8. The number of hydrogen-bond acceptors (Lipinski definition) is 13. The zero-order chi connectivity index (χ0) is 48.5. The van der Waals surface area contributed by atoms with E-state index in [1.165, 1.54) is 11.1 Å². The first-order valence-corrected chi connectivity index (χ1v) is 24.4. The lowest BCUT2D eigenvalue weighted by Gasteiger charge is -2.19. The van der Waals surface area contributed by atoms with Crippen LogP contribution in [0.5, 0.6) is 0 Å². The Kier molecular flexibility index (Phi) is 13.1. The fourth-order valence-electron chi connectivity index (χ4n) is 8.81. The van der Waals surface area contributed by atoms with Crippen LogP contribution in [-0.2, 0) is 13.1 Å². The van der Waals surface area contributed by atoms with Crippen LogP contribution in [0.4, 0.5) is 11.6 Å². The molecule has 6 heterocycles. The first kappa shape index (κ1) is 45.0. The topological polar surface area (TPSA) is 185 Å². The van der Waals surface area contributed by atoms with Crippen LogP contribution in [0.3, 0.4) is 0 Å². The Labute approximate surface area is 418 Å². The van der Waals surface area contributed by atoms with Gasteiger partial charge in [-0.15, -0.1) is 32.2 Å². The lowest BCUT2D eigenvalue weighted by Crippen LogP contribution is -2.05. The summed E-state index contributed by atoms with van der Waals surface area (Å²) in [5, 5.41) is 41.3. The fourth-order valence-corrected chi connectivity index (χ4v) is 9.43. The Morgan fingerprint density at radius 2 is 0.931 bits per heavy atom. The van der Waals surface area contributed by atoms with Crippen molar-refractivity contribution in [3.05, 3.63) is 212 Å². The molecule has 0 saturated heterocycles. The third kappa shape index (κ3) is 9.59. The van der Waals surface area contributed by atoms with Crippen molar-refractivity contribution in [2.24, 2.45) is 0 Å². The second-order valence-corrected chi connectivity index (χ2v) is 17.4. The second-order valence-electron chi connectivity index (χ2n) is 16.6. The lowest BCUT2D eigenvalue weighted by atomic mass is 9.94. The van der Waals surface area contributed by atoms with Crippen LogP contribution >= 0.6 is 11.8 Å². The summed E-state index contributed by atoms with van der Waals surface area (Å²) in [5.41, 5.74) is 12.4. The number of aromatic nitrogens is 12. The zero-order valence-electron chi connectivity index (χ0n) is 38.8. The summed E-state index contributed by atoms with van der Waals surface area (Å²) in [6.07, 6.45) is 11.1. The van der Waals surface area contributed by atoms with Crippen molar-refractivity contribution in [3.63, 3.8) is 0 Å². The van der Waals surface area contributed by atoms with Crippen LogP contribution in [0.2, 0.25) is 0 Å². The minimum Gasteiger partial charge on any atom is -0.365 e. The number of nitrogens with zero attached hydrogens (tertiary/aromatic N) is 10. The molecule has 0 atom stereocenters. The van der Waals surface area contributed by atoms with E-state index in [4.69, 9.17) is 9.97 Å². The highest BCUT2D eigenvalue weighted by Gasteiger charge is 2.21. The molecule has 0 amide bonds. The molecule has 15 heteroatoms. The summed E-state index contributed by atoms with van der Waals surface area (Å²) in [6, 6.07) is 58.4. The summed E-state index contributed by atoms with van der Waals surface area (Å²) in [5.74, 6) is 2.70. The molecule has 0 saturated carbocycles. The molecule has 4 N–H and O–H groups in total. The summed E-state index contributed by atoms with van der Waals surface area (Å²) >= 11 is 1.62. The van der Waals surface area contributed by atoms with Gasteiger partial charge in [-0.05, 0) is 73.0 Å². The largest absolute Gasteiger partial charge is 0.365 e. The molecule has 14 nitrogen and oxygen atoms in total. The number of tetrazole rings is 2. The van der Waals surface area contributed by atoms with Crippen molar-refractivity contribution in [1.82, 2.24) is 61.2 Å². The number of pyridine rings is 4. The van der Waals surface area contributed by atoms with Gasteiger partial charge in [0.15, 0.2) is 0 Å². The molecule has 12 rings (SSSR count). The van der Waals surface area contributed by atoms with Crippen molar-refractivity contribution in [3.8, 4) is 67.3 Å². The van der Waals surface area contributed by atoms with Crippen LogP contribution in [0, 0.1) is 0 Å². The molecule has 6 aromatic heterocycles. The molecular formula is C57H44N14S. The van der Waals surface area contributed by atoms with Gasteiger partial charge in [-0.25, -0.2) is 9.97 Å². The van der Waals surface area contributed by atoms with Crippen LogP contribution in [0.1, 0.15) is 11.1 Å². The first-order chi connectivity index (χ1) is 35.7. The number of thioether (sulfide) groups is 1. The molecule has 0 bridgehead atoms. The molecule has 6 aromatic carbocycles. The molecular weight excluding hydrogens is 913 g/mol. The Hall–Kier alpha value is -9.47. The minimum absolute atomic E-state index is 0.503. The number of fused-ring (bicyclic) bond motifs is 2. The molecule has 12 aromatic rings. The van der Waals surface area contributed by atoms with Gasteiger partial charge in [-0.2, -0.15) is 10.4 Å². The summed E-state index contributed by atoms with van der Waals surface area (Å²) < 4.78 is 0. The van der Waals surface area contributed by atoms with Gasteiger partial charge in [0.1, 0.15) is 16.7 Å². The van der Waals surface area contributed by atoms with Gasteiger partial charge >= 0.3 is 0 Å². The first-order valence-electron chi connectivity index (χ1n) is 23.2. The van der Waals surface area contributed by atoms with E-state index >= 15 is 0 Å². The van der Waals surface area contributed by atoms with Gasteiger partial charge < -0.3 is 10.6 Å². The predicted octanol–water partition coefficient (Wildman–Crippen LogP) is 12.2. The van der Waals surface area contributed by atoms with E-state index in [9.17, 15) is 0 Å². The normalized spacial score (nSPS) is 11.0. The smallest absolute Gasteiger partial charge is 0.206 e. The van der Waals surface area contributed by atoms with E-state index in [2.05, 4.69) is 189 Å². The number of hydrogen-bond donors (Lipinski definition) is 4. The van der Waals surface area contributed by atoms with Gasteiger partial charge in [0.2, 0.25) is 11.6 Å². The molecule has 0 aliphatic carbocycles. The average Bonchev–Trinajstić information content (AvgIpc) is 4.22. The monoisotopic (exact) mass is 956 g/mol. The molecule has 0 fully saturated rings. The summed E-state index contributed by atoms with van der Waals surface area (Å²) in [4.78, 5) is 19.0. The molecule has 72 heavy (non-hydrogen) atoms. The third-order valence-electron chi connectivity index (χ3n) is 12.2. The second kappa shape index (κ2) is 21.0. The molecule has 0 spiro atoms. The fraction of sp³-hybridized carbons (Fsp3) is 0.0526. The van der Waals surface area contributed by atoms with Crippen molar-refractivity contribution in [2.45, 2.75) is 18.1 Å². The number of nitrogens with one attached hydrogen (secondary N) is 4. The van der Waals surface area contributed by atoms with Crippen molar-refractivity contribution >= 4 is 44.9 Å². The van der Waals surface area contributed by atoms with Crippen LogP contribution < -0.4 is 10.6 Å². The van der Waals surface area contributed by atoms with Crippen molar-refractivity contribution < 1.29 is 0 Å². The maximum absolute atomic E-state index is 5.16. The average molecular weight is 957 g/mol. The Morgan fingerprint density at radius 3 is 1.47 bits per heavy atom. The SMILES string of the molecule is CSc1nc(NCc2ccccc2)c2c(-c3ccccc3)cccc2c1-c1cncc(-c2nn[nH]n2)c1.c1ccc(CNc2ncc(-c3cncc(-c4nn[nH]n4)c3)c3cccc(-c4ccccc4)c23)cc1. The van der Waals surface area contributed by atoms with E-state index in [1.54, 1.807) is 24.2 Å². The zero-order valence-corrected chi connectivity index (χ0v) is 39.7. The lowest BCUT2D eigenvalue weighted by molar-refractivity contribution is 0.881. The summed E-state index contributed by atoms with van der Waals surface area (Å²) in [6.45, 7) is 1.36. The van der Waals surface area contributed by atoms with Crippen LogP contribution in [-0.4, -0.2) is 67.4 Å². The molecule has 0 aliphatic heterocycles. The molecule has 0 aliphatic rings. The number of anilines is 2.